The number of carbonyl (C=O) groups is 2. The van der Waals surface area contributed by atoms with Crippen molar-refractivity contribution in [2.75, 3.05) is 36.4 Å². The summed E-state index contributed by atoms with van der Waals surface area (Å²) in [5.74, 6) is -0.134. The molecule has 0 aliphatic carbocycles. The summed E-state index contributed by atoms with van der Waals surface area (Å²) >= 11 is 19.0. The van der Waals surface area contributed by atoms with E-state index in [0.717, 1.165) is 54.1 Å². The van der Waals surface area contributed by atoms with E-state index in [2.05, 4.69) is 15.5 Å². The molecule has 0 unspecified atom stereocenters. The maximum absolute atomic E-state index is 12.7. The van der Waals surface area contributed by atoms with Gasteiger partial charge in [0.2, 0.25) is 5.91 Å². The number of thiophene rings is 1. The van der Waals surface area contributed by atoms with E-state index in [1.165, 1.54) is 11.3 Å². The third kappa shape index (κ3) is 5.63. The number of rotatable bonds is 5. The molecule has 0 bridgehead atoms. The minimum absolute atomic E-state index is 0.187. The standard InChI is InChI=1S/C24H24Cl2N4O2S2/c1-2-3-20(31)30-12-10-29(11-13-30)17-7-5-16(6-8-17)27-24(33)28-23(32)22-21(26)18-9-4-15(25)14-19(18)34-22/h4-9,14H,2-3,10-13H2,1H3,(H2,27,28,32,33). The van der Waals surface area contributed by atoms with Gasteiger partial charge >= 0.3 is 0 Å². The summed E-state index contributed by atoms with van der Waals surface area (Å²) in [6, 6.07) is 13.2. The first-order valence-electron chi connectivity index (χ1n) is 11.0. The smallest absolute Gasteiger partial charge is 0.269 e. The van der Waals surface area contributed by atoms with Crippen LogP contribution < -0.4 is 15.5 Å². The number of fused-ring (bicyclic) bond motifs is 1. The van der Waals surface area contributed by atoms with Gasteiger partial charge in [0.05, 0.1) is 5.02 Å². The van der Waals surface area contributed by atoms with E-state index >= 15 is 0 Å². The summed E-state index contributed by atoms with van der Waals surface area (Å²) in [7, 11) is 0. The number of benzene rings is 2. The highest BCUT2D eigenvalue weighted by atomic mass is 35.5. The fourth-order valence-electron chi connectivity index (χ4n) is 3.85. The Bertz CT molecular complexity index is 1220. The molecule has 6 nitrogen and oxygen atoms in total. The monoisotopic (exact) mass is 534 g/mol. The second kappa shape index (κ2) is 10.9. The van der Waals surface area contributed by atoms with Crippen LogP contribution in [0.25, 0.3) is 10.1 Å². The number of piperazine rings is 1. The molecule has 1 aliphatic rings. The lowest BCUT2D eigenvalue weighted by atomic mass is 10.2. The largest absolute Gasteiger partial charge is 0.368 e. The number of carbonyl (C=O) groups excluding carboxylic acids is 2. The van der Waals surface area contributed by atoms with E-state index in [1.54, 1.807) is 18.2 Å². The van der Waals surface area contributed by atoms with E-state index in [9.17, 15) is 9.59 Å². The molecule has 1 aliphatic heterocycles. The molecule has 0 spiro atoms. The zero-order valence-corrected chi connectivity index (χ0v) is 21.7. The zero-order chi connectivity index (χ0) is 24.2. The minimum Gasteiger partial charge on any atom is -0.368 e. The molecule has 2 amide bonds. The Morgan fingerprint density at radius 2 is 1.76 bits per heavy atom. The van der Waals surface area contributed by atoms with Crippen molar-refractivity contribution >= 4 is 85.1 Å². The van der Waals surface area contributed by atoms with Gasteiger partial charge in [-0.3, -0.25) is 14.9 Å². The van der Waals surface area contributed by atoms with Gasteiger partial charge in [0, 0.05) is 59.1 Å². The molecule has 4 rings (SSSR count). The lowest BCUT2D eigenvalue weighted by Gasteiger charge is -2.36. The Morgan fingerprint density at radius 1 is 1.06 bits per heavy atom. The summed E-state index contributed by atoms with van der Waals surface area (Å²) in [5, 5.41) is 7.68. The van der Waals surface area contributed by atoms with Crippen LogP contribution in [0, 0.1) is 0 Å². The van der Waals surface area contributed by atoms with Crippen molar-refractivity contribution in [3.63, 3.8) is 0 Å². The van der Waals surface area contributed by atoms with Gasteiger partial charge in [-0.1, -0.05) is 36.2 Å². The fraction of sp³-hybridized carbons (Fsp3) is 0.292. The van der Waals surface area contributed by atoms with Crippen molar-refractivity contribution in [2.24, 2.45) is 0 Å². The molecule has 1 saturated heterocycles. The van der Waals surface area contributed by atoms with E-state index < -0.39 is 0 Å². The molecule has 2 N–H and O–H groups in total. The first-order chi connectivity index (χ1) is 16.4. The summed E-state index contributed by atoms with van der Waals surface area (Å²) in [5.41, 5.74) is 1.85. The Morgan fingerprint density at radius 3 is 2.44 bits per heavy atom. The number of anilines is 2. The number of amides is 2. The van der Waals surface area contributed by atoms with Crippen molar-refractivity contribution < 1.29 is 9.59 Å². The molecular weight excluding hydrogens is 511 g/mol. The Hall–Kier alpha value is -2.39. The predicted octanol–water partition coefficient (Wildman–Crippen LogP) is 5.78. The molecule has 1 fully saturated rings. The van der Waals surface area contributed by atoms with Crippen molar-refractivity contribution in [1.29, 1.82) is 0 Å². The van der Waals surface area contributed by atoms with Gasteiger partial charge < -0.3 is 15.1 Å². The topological polar surface area (TPSA) is 64.7 Å². The molecule has 10 heteroatoms. The van der Waals surface area contributed by atoms with Crippen molar-refractivity contribution in [3.05, 3.63) is 57.4 Å². The minimum atomic E-state index is -0.369. The highest BCUT2D eigenvalue weighted by Gasteiger charge is 2.21. The highest BCUT2D eigenvalue weighted by Crippen LogP contribution is 2.36. The van der Waals surface area contributed by atoms with Crippen LogP contribution in [-0.2, 0) is 4.79 Å². The van der Waals surface area contributed by atoms with E-state index in [4.69, 9.17) is 35.4 Å². The van der Waals surface area contributed by atoms with Gasteiger partial charge in [-0.2, -0.15) is 0 Å². The molecule has 1 aromatic heterocycles. The van der Waals surface area contributed by atoms with Crippen LogP contribution in [0.4, 0.5) is 11.4 Å². The lowest BCUT2D eigenvalue weighted by Crippen LogP contribution is -2.48. The molecule has 34 heavy (non-hydrogen) atoms. The van der Waals surface area contributed by atoms with Gasteiger partial charge in [-0.25, -0.2) is 0 Å². The van der Waals surface area contributed by atoms with Gasteiger partial charge in [0.15, 0.2) is 5.11 Å². The first-order valence-corrected chi connectivity index (χ1v) is 13.0. The van der Waals surface area contributed by atoms with Crippen molar-refractivity contribution in [1.82, 2.24) is 10.2 Å². The Balaban J connectivity index is 1.32. The first kappa shape index (κ1) is 24.7. The van der Waals surface area contributed by atoms with Crippen LogP contribution in [-0.4, -0.2) is 48.0 Å². The molecule has 0 atom stereocenters. The molecule has 2 heterocycles. The van der Waals surface area contributed by atoms with Crippen LogP contribution in [0.2, 0.25) is 10.0 Å². The zero-order valence-electron chi connectivity index (χ0n) is 18.6. The average molecular weight is 536 g/mol. The number of nitrogens with zero attached hydrogens (tertiary/aromatic N) is 2. The van der Waals surface area contributed by atoms with Gasteiger partial charge in [-0.15, -0.1) is 11.3 Å². The number of halogens is 2. The second-order valence-electron chi connectivity index (χ2n) is 7.96. The van der Waals surface area contributed by atoms with Crippen molar-refractivity contribution in [2.45, 2.75) is 19.8 Å². The van der Waals surface area contributed by atoms with Crippen LogP contribution in [0.5, 0.6) is 0 Å². The van der Waals surface area contributed by atoms with Gasteiger partial charge in [0.1, 0.15) is 4.88 Å². The average Bonchev–Trinajstić information content (AvgIpc) is 3.15. The fourth-order valence-corrected chi connectivity index (χ4v) is 5.75. The number of thiocarbonyl (C=S) groups is 1. The van der Waals surface area contributed by atoms with Crippen LogP contribution in [0.15, 0.2) is 42.5 Å². The summed E-state index contributed by atoms with van der Waals surface area (Å²) in [6.07, 6.45) is 1.49. The van der Waals surface area contributed by atoms with E-state index in [-0.39, 0.29) is 16.9 Å². The summed E-state index contributed by atoms with van der Waals surface area (Å²) < 4.78 is 0.840. The van der Waals surface area contributed by atoms with Gasteiger partial charge in [-0.05, 0) is 55.0 Å². The SMILES string of the molecule is CCCC(=O)N1CCN(c2ccc(NC(=S)NC(=O)c3sc4cc(Cl)ccc4c3Cl)cc2)CC1. The normalized spacial score (nSPS) is 13.7. The number of nitrogens with one attached hydrogen (secondary N) is 2. The quantitative estimate of drug-likeness (QED) is 0.406. The molecule has 0 saturated carbocycles. The Kier molecular flexibility index (Phi) is 7.93. The number of hydrogen-bond donors (Lipinski definition) is 2. The van der Waals surface area contributed by atoms with Crippen LogP contribution in [0.3, 0.4) is 0 Å². The van der Waals surface area contributed by atoms with Gasteiger partial charge in [0.25, 0.3) is 5.91 Å². The van der Waals surface area contributed by atoms with Crippen molar-refractivity contribution in [3.8, 4) is 0 Å². The highest BCUT2D eigenvalue weighted by molar-refractivity contribution is 7.80. The Labute approximate surface area is 217 Å². The molecule has 178 valence electrons. The molecule has 0 radical (unpaired) electrons. The van der Waals surface area contributed by atoms with E-state index in [0.29, 0.717) is 21.3 Å². The maximum atomic E-state index is 12.7. The molecule has 2 aromatic carbocycles. The van der Waals surface area contributed by atoms with Crippen LogP contribution in [0.1, 0.15) is 29.4 Å². The summed E-state index contributed by atoms with van der Waals surface area (Å²) in [6.45, 7) is 5.11. The maximum Gasteiger partial charge on any atom is 0.269 e. The third-order valence-corrected chi connectivity index (χ3v) is 7.71. The molecular formula is C24H24Cl2N4O2S2. The second-order valence-corrected chi connectivity index (χ2v) is 10.2. The van der Waals surface area contributed by atoms with E-state index in [1.807, 2.05) is 36.1 Å². The predicted molar refractivity (Wildman–Crippen MR) is 146 cm³/mol. The summed E-state index contributed by atoms with van der Waals surface area (Å²) in [4.78, 5) is 29.4. The number of hydrogen-bond acceptors (Lipinski definition) is 5. The molecule has 3 aromatic rings. The van der Waals surface area contributed by atoms with Crippen LogP contribution >= 0.6 is 46.8 Å². The lowest BCUT2D eigenvalue weighted by molar-refractivity contribution is -0.131. The third-order valence-electron chi connectivity index (χ3n) is 5.61.